The molecule has 0 atom stereocenters. The predicted molar refractivity (Wildman–Crippen MR) is 95.6 cm³/mol. The summed E-state index contributed by atoms with van der Waals surface area (Å²) in [6.45, 7) is 0.929. The van der Waals surface area contributed by atoms with Gasteiger partial charge >= 0.3 is 0 Å². The van der Waals surface area contributed by atoms with Crippen LogP contribution in [0.5, 0.6) is 0 Å². The molecule has 0 radical (unpaired) electrons. The van der Waals surface area contributed by atoms with Gasteiger partial charge in [0, 0.05) is 37.5 Å². The van der Waals surface area contributed by atoms with Crippen LogP contribution in [0.4, 0.5) is 11.5 Å². The summed E-state index contributed by atoms with van der Waals surface area (Å²) in [5.74, 6) is 0.954. The largest absolute Gasteiger partial charge is 0.378 e. The first-order chi connectivity index (χ1) is 10.6. The van der Waals surface area contributed by atoms with Crippen molar-refractivity contribution in [3.8, 4) is 11.3 Å². The Kier molecular flexibility index (Phi) is 4.02. The van der Waals surface area contributed by atoms with Gasteiger partial charge in [-0.05, 0) is 43.6 Å². The zero-order valence-electron chi connectivity index (χ0n) is 13.0. The Morgan fingerprint density at radius 2 is 2.18 bits per heavy atom. The maximum Gasteiger partial charge on any atom is 0.193 e. The molecule has 1 aromatic carbocycles. The minimum Gasteiger partial charge on any atom is -0.378 e. The molecule has 1 aliphatic rings. The van der Waals surface area contributed by atoms with Crippen LogP contribution in [0.3, 0.4) is 0 Å². The van der Waals surface area contributed by atoms with Gasteiger partial charge in [0.25, 0.3) is 0 Å². The molecule has 0 fully saturated rings. The molecule has 22 heavy (non-hydrogen) atoms. The second-order valence-corrected chi connectivity index (χ2v) is 6.17. The first-order valence-electron chi connectivity index (χ1n) is 7.51. The number of nitrogens with zero attached hydrogens (tertiary/aromatic N) is 3. The molecule has 0 spiro atoms. The van der Waals surface area contributed by atoms with Crippen molar-refractivity contribution in [3.05, 3.63) is 29.8 Å². The third-order valence-corrected chi connectivity index (χ3v) is 4.15. The number of hydrogen-bond acceptors (Lipinski definition) is 4. The van der Waals surface area contributed by atoms with E-state index in [-0.39, 0.29) is 5.11 Å². The first kappa shape index (κ1) is 14.8. The van der Waals surface area contributed by atoms with Gasteiger partial charge in [-0.1, -0.05) is 12.1 Å². The lowest BCUT2D eigenvalue weighted by Gasteiger charge is -2.13. The molecule has 0 saturated carbocycles. The summed E-state index contributed by atoms with van der Waals surface area (Å²) in [5.41, 5.74) is 10.3. The van der Waals surface area contributed by atoms with Gasteiger partial charge in [0.15, 0.2) is 5.11 Å². The quantitative estimate of drug-likeness (QED) is 0.834. The Morgan fingerprint density at radius 3 is 2.91 bits per heavy atom. The molecule has 1 aromatic heterocycles. The van der Waals surface area contributed by atoms with Crippen LogP contribution in [-0.4, -0.2) is 35.5 Å². The summed E-state index contributed by atoms with van der Waals surface area (Å²) in [4.78, 5) is 2.09. The summed E-state index contributed by atoms with van der Waals surface area (Å²) in [5, 5.41) is 8.38. The SMILES string of the molecule is CN(C)c1cccc(-c2nn(C(N)=S)c3c2CCCCN3)c1. The topological polar surface area (TPSA) is 59.1 Å². The molecule has 116 valence electrons. The summed E-state index contributed by atoms with van der Waals surface area (Å²) in [6.07, 6.45) is 3.28. The lowest BCUT2D eigenvalue weighted by Crippen LogP contribution is -2.22. The zero-order valence-corrected chi connectivity index (χ0v) is 13.8. The van der Waals surface area contributed by atoms with Crippen LogP contribution >= 0.6 is 12.2 Å². The molecule has 3 N–H and O–H groups in total. The molecule has 2 aromatic rings. The third kappa shape index (κ3) is 2.66. The molecule has 0 amide bonds. The molecule has 0 bridgehead atoms. The third-order valence-electron chi connectivity index (χ3n) is 3.97. The van der Waals surface area contributed by atoms with Crippen LogP contribution in [0.1, 0.15) is 18.4 Å². The van der Waals surface area contributed by atoms with E-state index in [1.807, 2.05) is 14.1 Å². The van der Waals surface area contributed by atoms with Gasteiger partial charge in [0.1, 0.15) is 5.82 Å². The Morgan fingerprint density at radius 1 is 1.36 bits per heavy atom. The first-order valence-corrected chi connectivity index (χ1v) is 7.92. The summed E-state index contributed by atoms with van der Waals surface area (Å²) >= 11 is 5.15. The van der Waals surface area contributed by atoms with E-state index >= 15 is 0 Å². The molecular weight excluding hydrogens is 294 g/mol. The Bertz CT molecular complexity index is 705. The molecule has 3 rings (SSSR count). The van der Waals surface area contributed by atoms with Gasteiger partial charge in [-0.2, -0.15) is 9.78 Å². The fourth-order valence-corrected chi connectivity index (χ4v) is 2.96. The monoisotopic (exact) mass is 315 g/mol. The number of aromatic nitrogens is 2. The summed E-state index contributed by atoms with van der Waals surface area (Å²) < 4.78 is 1.66. The Balaban J connectivity index is 2.14. The highest BCUT2D eigenvalue weighted by atomic mass is 32.1. The van der Waals surface area contributed by atoms with E-state index in [2.05, 4.69) is 39.6 Å². The van der Waals surface area contributed by atoms with Crippen molar-refractivity contribution in [2.75, 3.05) is 30.9 Å². The molecule has 1 aliphatic heterocycles. The minimum absolute atomic E-state index is 0.278. The number of nitrogens with one attached hydrogen (secondary N) is 1. The number of anilines is 2. The van der Waals surface area contributed by atoms with Crippen molar-refractivity contribution in [2.45, 2.75) is 19.3 Å². The fourth-order valence-electron chi connectivity index (χ4n) is 2.83. The van der Waals surface area contributed by atoms with Crippen molar-refractivity contribution in [2.24, 2.45) is 5.73 Å². The van der Waals surface area contributed by atoms with Gasteiger partial charge in [-0.15, -0.1) is 0 Å². The maximum atomic E-state index is 5.84. The van der Waals surface area contributed by atoms with Gasteiger partial charge in [-0.3, -0.25) is 0 Å². The normalized spacial score (nSPS) is 13.9. The number of thiocarbonyl (C=S) groups is 1. The van der Waals surface area contributed by atoms with E-state index in [9.17, 15) is 0 Å². The van der Waals surface area contributed by atoms with E-state index < -0.39 is 0 Å². The van der Waals surface area contributed by atoms with Crippen molar-refractivity contribution < 1.29 is 0 Å². The molecule has 0 saturated heterocycles. The lowest BCUT2D eigenvalue weighted by molar-refractivity contribution is 0.782. The number of benzene rings is 1. The molecule has 2 heterocycles. The minimum atomic E-state index is 0.278. The highest BCUT2D eigenvalue weighted by molar-refractivity contribution is 7.80. The van der Waals surface area contributed by atoms with Gasteiger partial charge < -0.3 is 16.0 Å². The standard InChI is InChI=1S/C16H21N5S/c1-20(2)12-7-5-6-11(10-12)14-13-8-3-4-9-18-15(13)21(19-14)16(17)22/h5-7,10,18H,3-4,8-9H2,1-2H3,(H2,17,22). The number of nitrogens with two attached hydrogens (primary N) is 1. The lowest BCUT2D eigenvalue weighted by atomic mass is 10.0. The van der Waals surface area contributed by atoms with Gasteiger partial charge in [-0.25, -0.2) is 0 Å². The van der Waals surface area contributed by atoms with Crippen LogP contribution in [0.2, 0.25) is 0 Å². The van der Waals surface area contributed by atoms with E-state index in [1.165, 1.54) is 5.56 Å². The summed E-state index contributed by atoms with van der Waals surface area (Å²) in [6, 6.07) is 8.38. The molecule has 5 nitrogen and oxygen atoms in total. The van der Waals surface area contributed by atoms with Crippen LogP contribution < -0.4 is 16.0 Å². The van der Waals surface area contributed by atoms with Crippen molar-refractivity contribution in [3.63, 3.8) is 0 Å². The van der Waals surface area contributed by atoms with Crippen molar-refractivity contribution >= 4 is 28.8 Å². The van der Waals surface area contributed by atoms with Crippen molar-refractivity contribution in [1.29, 1.82) is 0 Å². The number of hydrogen-bond donors (Lipinski definition) is 2. The van der Waals surface area contributed by atoms with E-state index in [1.54, 1.807) is 4.68 Å². The van der Waals surface area contributed by atoms with E-state index in [0.717, 1.165) is 48.6 Å². The highest BCUT2D eigenvalue weighted by Crippen LogP contribution is 2.33. The molecule has 0 aliphatic carbocycles. The molecule has 0 unspecified atom stereocenters. The Labute approximate surface area is 136 Å². The van der Waals surface area contributed by atoms with Crippen LogP contribution in [0.25, 0.3) is 11.3 Å². The average molecular weight is 315 g/mol. The predicted octanol–water partition coefficient (Wildman–Crippen LogP) is 2.46. The van der Waals surface area contributed by atoms with E-state index in [0.29, 0.717) is 0 Å². The number of fused-ring (bicyclic) bond motifs is 1. The van der Waals surface area contributed by atoms with Crippen LogP contribution in [0.15, 0.2) is 24.3 Å². The molecule has 6 heteroatoms. The van der Waals surface area contributed by atoms with Crippen LogP contribution in [0, 0.1) is 0 Å². The summed E-state index contributed by atoms with van der Waals surface area (Å²) in [7, 11) is 4.07. The fraction of sp³-hybridized carbons (Fsp3) is 0.375. The second-order valence-electron chi connectivity index (χ2n) is 5.75. The molecular formula is C16H21N5S. The second kappa shape index (κ2) is 5.96. The smallest absolute Gasteiger partial charge is 0.193 e. The Hall–Kier alpha value is -2.08. The van der Waals surface area contributed by atoms with Crippen molar-refractivity contribution in [1.82, 2.24) is 9.78 Å². The van der Waals surface area contributed by atoms with Crippen LogP contribution in [-0.2, 0) is 6.42 Å². The van der Waals surface area contributed by atoms with E-state index in [4.69, 9.17) is 18.0 Å². The average Bonchev–Trinajstić information content (AvgIpc) is 2.70. The van der Waals surface area contributed by atoms with Gasteiger partial charge in [0.05, 0.1) is 5.69 Å². The van der Waals surface area contributed by atoms with Gasteiger partial charge in [0.2, 0.25) is 0 Å². The highest BCUT2D eigenvalue weighted by Gasteiger charge is 2.22. The maximum absolute atomic E-state index is 5.84. The zero-order chi connectivity index (χ0) is 15.7. The number of rotatable bonds is 2.